The van der Waals surface area contributed by atoms with Crippen LogP contribution in [0.15, 0.2) is 41.6 Å². The van der Waals surface area contributed by atoms with Crippen LogP contribution in [0.25, 0.3) is 5.65 Å². The summed E-state index contributed by atoms with van der Waals surface area (Å²) < 4.78 is 34.9. The van der Waals surface area contributed by atoms with Crippen molar-refractivity contribution in [2.75, 3.05) is 31.1 Å². The van der Waals surface area contributed by atoms with Crippen LogP contribution in [0.2, 0.25) is 0 Å². The first-order chi connectivity index (χ1) is 13.1. The van der Waals surface area contributed by atoms with E-state index in [-0.39, 0.29) is 5.92 Å². The number of sulfonamides is 1. The minimum atomic E-state index is -3.52. The van der Waals surface area contributed by atoms with Crippen LogP contribution in [0.3, 0.4) is 0 Å². The maximum Gasteiger partial charge on any atom is 0.240 e. The maximum atomic E-state index is 12.5. The molecule has 0 atom stereocenters. The molecule has 0 unspecified atom stereocenters. The van der Waals surface area contributed by atoms with Gasteiger partial charge in [0.05, 0.1) is 11.5 Å². The van der Waals surface area contributed by atoms with E-state index in [4.69, 9.17) is 4.74 Å². The van der Waals surface area contributed by atoms with Gasteiger partial charge in [-0.05, 0) is 35.9 Å². The first-order valence-corrected chi connectivity index (χ1v) is 10.2. The predicted molar refractivity (Wildman–Crippen MR) is 97.3 cm³/mol. The number of fused-ring (bicyclic) bond motifs is 2. The molecule has 3 aromatic rings. The standard InChI is InChI=1S/C17H18N6O3S/c24-27(25,14-1-2-15-13(7-14)5-6-26-15)19-8-12-9-22(10-12)17-4-3-16-20-18-11-23(16)21-17/h1-4,7,11-12,19H,5-6,8-10H2. The second-order valence-corrected chi connectivity index (χ2v) is 8.58. The monoisotopic (exact) mass is 386 g/mol. The van der Waals surface area contributed by atoms with Gasteiger partial charge in [0.25, 0.3) is 0 Å². The Kier molecular flexibility index (Phi) is 3.76. The summed E-state index contributed by atoms with van der Waals surface area (Å²) in [7, 11) is -3.52. The molecule has 0 saturated carbocycles. The Morgan fingerprint density at radius 3 is 3.00 bits per heavy atom. The highest BCUT2D eigenvalue weighted by Gasteiger charge is 2.29. The van der Waals surface area contributed by atoms with Gasteiger partial charge in [-0.1, -0.05) is 0 Å². The number of anilines is 1. The van der Waals surface area contributed by atoms with E-state index >= 15 is 0 Å². The zero-order chi connectivity index (χ0) is 18.4. The molecular formula is C17H18N6O3S. The van der Waals surface area contributed by atoms with Gasteiger partial charge in [-0.25, -0.2) is 13.1 Å². The van der Waals surface area contributed by atoms with Gasteiger partial charge >= 0.3 is 0 Å². The Morgan fingerprint density at radius 2 is 2.11 bits per heavy atom. The summed E-state index contributed by atoms with van der Waals surface area (Å²) in [4.78, 5) is 2.40. The summed E-state index contributed by atoms with van der Waals surface area (Å²) in [5, 5.41) is 12.2. The van der Waals surface area contributed by atoms with E-state index in [0.717, 1.165) is 36.6 Å². The van der Waals surface area contributed by atoms with Crippen molar-refractivity contribution in [1.82, 2.24) is 24.5 Å². The fourth-order valence-electron chi connectivity index (χ4n) is 3.41. The molecule has 9 nitrogen and oxygen atoms in total. The third-order valence-electron chi connectivity index (χ3n) is 4.96. The molecule has 0 amide bonds. The Bertz CT molecular complexity index is 1110. The fraction of sp³-hybridized carbons (Fsp3) is 0.353. The van der Waals surface area contributed by atoms with Crippen LogP contribution < -0.4 is 14.4 Å². The average Bonchev–Trinajstić information content (AvgIpc) is 3.28. The Hall–Kier alpha value is -2.72. The van der Waals surface area contributed by atoms with Gasteiger partial charge in [0.1, 0.15) is 17.9 Å². The summed E-state index contributed by atoms with van der Waals surface area (Å²) in [6.45, 7) is 2.52. The summed E-state index contributed by atoms with van der Waals surface area (Å²) in [6, 6.07) is 8.79. The summed E-state index contributed by atoms with van der Waals surface area (Å²) in [5.74, 6) is 1.86. The number of nitrogens with one attached hydrogen (secondary N) is 1. The van der Waals surface area contributed by atoms with E-state index in [9.17, 15) is 8.42 Å². The van der Waals surface area contributed by atoms with Gasteiger partial charge in [0, 0.05) is 32.0 Å². The van der Waals surface area contributed by atoms with Crippen molar-refractivity contribution >= 4 is 21.5 Å². The Balaban J connectivity index is 1.20. The second-order valence-electron chi connectivity index (χ2n) is 6.82. The van der Waals surface area contributed by atoms with Crippen LogP contribution in [0.1, 0.15) is 5.56 Å². The minimum absolute atomic E-state index is 0.246. The fourth-order valence-corrected chi connectivity index (χ4v) is 4.58. The van der Waals surface area contributed by atoms with Crippen molar-refractivity contribution in [2.45, 2.75) is 11.3 Å². The van der Waals surface area contributed by atoms with Crippen molar-refractivity contribution in [3.05, 3.63) is 42.2 Å². The van der Waals surface area contributed by atoms with Gasteiger partial charge in [-0.3, -0.25) is 0 Å². The molecule has 2 aromatic heterocycles. The molecule has 1 fully saturated rings. The van der Waals surface area contributed by atoms with E-state index in [1.54, 1.807) is 29.0 Å². The van der Waals surface area contributed by atoms with Crippen molar-refractivity contribution in [3.8, 4) is 5.75 Å². The molecule has 5 rings (SSSR count). The van der Waals surface area contributed by atoms with Gasteiger partial charge in [-0.15, -0.1) is 15.3 Å². The molecule has 1 saturated heterocycles. The lowest BCUT2D eigenvalue weighted by Crippen LogP contribution is -2.51. The summed E-state index contributed by atoms with van der Waals surface area (Å²) in [6.07, 6.45) is 2.31. The summed E-state index contributed by atoms with van der Waals surface area (Å²) >= 11 is 0. The average molecular weight is 386 g/mol. The van der Waals surface area contributed by atoms with Crippen LogP contribution >= 0.6 is 0 Å². The molecule has 0 bridgehead atoms. The predicted octanol–water partition coefficient (Wildman–Crippen LogP) is 0.474. The first kappa shape index (κ1) is 16.5. The minimum Gasteiger partial charge on any atom is -0.493 e. The molecule has 1 aromatic carbocycles. The van der Waals surface area contributed by atoms with Gasteiger partial charge in [-0.2, -0.15) is 4.52 Å². The molecule has 0 aliphatic carbocycles. The van der Waals surface area contributed by atoms with Crippen molar-refractivity contribution in [3.63, 3.8) is 0 Å². The van der Waals surface area contributed by atoms with Gasteiger partial charge in [0.2, 0.25) is 10.0 Å². The lowest BCUT2D eigenvalue weighted by atomic mass is 10.0. The summed E-state index contributed by atoms with van der Waals surface area (Å²) in [5.41, 5.74) is 1.64. The molecule has 2 aliphatic rings. The zero-order valence-electron chi connectivity index (χ0n) is 14.4. The van der Waals surface area contributed by atoms with Gasteiger partial charge < -0.3 is 9.64 Å². The number of nitrogens with zero attached hydrogens (tertiary/aromatic N) is 5. The molecule has 0 radical (unpaired) electrons. The van der Waals surface area contributed by atoms with Crippen LogP contribution in [0.4, 0.5) is 5.82 Å². The normalized spacial score (nSPS) is 17.0. The number of rotatable bonds is 5. The largest absolute Gasteiger partial charge is 0.493 e. The highest BCUT2D eigenvalue weighted by Crippen LogP contribution is 2.28. The molecule has 140 valence electrons. The lowest BCUT2D eigenvalue weighted by Gasteiger charge is -2.40. The van der Waals surface area contributed by atoms with Crippen LogP contribution in [0.5, 0.6) is 5.75 Å². The smallest absolute Gasteiger partial charge is 0.240 e. The van der Waals surface area contributed by atoms with Crippen LogP contribution in [-0.2, 0) is 16.4 Å². The number of ether oxygens (including phenoxy) is 1. The second kappa shape index (κ2) is 6.17. The molecule has 0 spiro atoms. The van der Waals surface area contributed by atoms with Gasteiger partial charge in [0.15, 0.2) is 5.65 Å². The Morgan fingerprint density at radius 1 is 1.22 bits per heavy atom. The molecule has 10 heteroatoms. The van der Waals surface area contributed by atoms with E-state index in [1.807, 2.05) is 12.1 Å². The molecule has 27 heavy (non-hydrogen) atoms. The van der Waals surface area contributed by atoms with E-state index in [2.05, 4.69) is 24.9 Å². The van der Waals surface area contributed by atoms with E-state index < -0.39 is 10.0 Å². The quantitative estimate of drug-likeness (QED) is 0.680. The number of hydrogen-bond acceptors (Lipinski definition) is 7. The topological polar surface area (TPSA) is 102 Å². The maximum absolute atomic E-state index is 12.5. The highest BCUT2D eigenvalue weighted by molar-refractivity contribution is 7.89. The van der Waals surface area contributed by atoms with Crippen molar-refractivity contribution < 1.29 is 13.2 Å². The number of aromatic nitrogens is 4. The third-order valence-corrected chi connectivity index (χ3v) is 6.38. The number of hydrogen-bond donors (Lipinski definition) is 1. The van der Waals surface area contributed by atoms with E-state index in [1.165, 1.54) is 0 Å². The molecule has 1 N–H and O–H groups in total. The Labute approximate surface area is 156 Å². The SMILES string of the molecule is O=S(=O)(NCC1CN(c2ccc3nncn3n2)C1)c1ccc2c(c1)CCO2. The molecule has 2 aliphatic heterocycles. The highest BCUT2D eigenvalue weighted by atomic mass is 32.2. The van der Waals surface area contributed by atoms with Crippen LogP contribution in [-0.4, -0.2) is 54.5 Å². The first-order valence-electron chi connectivity index (χ1n) is 8.76. The van der Waals surface area contributed by atoms with Crippen molar-refractivity contribution in [1.29, 1.82) is 0 Å². The lowest BCUT2D eigenvalue weighted by molar-refractivity contribution is 0.356. The van der Waals surface area contributed by atoms with E-state index in [0.29, 0.717) is 23.7 Å². The zero-order valence-corrected chi connectivity index (χ0v) is 15.3. The van der Waals surface area contributed by atoms with Crippen LogP contribution in [0, 0.1) is 5.92 Å². The number of benzene rings is 1. The third kappa shape index (κ3) is 3.00. The van der Waals surface area contributed by atoms with Crippen molar-refractivity contribution in [2.24, 2.45) is 5.92 Å². The molecule has 4 heterocycles. The molecular weight excluding hydrogens is 368 g/mol.